The van der Waals surface area contributed by atoms with Gasteiger partial charge in [0.15, 0.2) is 0 Å². The molecule has 0 saturated heterocycles. The first-order valence-corrected chi connectivity index (χ1v) is 3.83. The van der Waals surface area contributed by atoms with Gasteiger partial charge >= 0.3 is 6.18 Å². The maximum atomic E-state index is 12.1. The third kappa shape index (κ3) is 1.92. The summed E-state index contributed by atoms with van der Waals surface area (Å²) in [6.07, 6.45) is -0.503. The van der Waals surface area contributed by atoms with Crippen molar-refractivity contribution in [2.75, 3.05) is 0 Å². The minimum absolute atomic E-state index is 0.129. The van der Waals surface area contributed by atoms with Crippen LogP contribution in [0, 0.1) is 0 Å². The van der Waals surface area contributed by atoms with E-state index in [-0.39, 0.29) is 11.5 Å². The first-order chi connectivity index (χ1) is 7.07. The fourth-order valence-electron chi connectivity index (χ4n) is 0.918. The normalized spacial score (nSPS) is 11.7. The quantitative estimate of drug-likeness (QED) is 0.778. The molecule has 0 amide bonds. The number of halogens is 3. The Morgan fingerprint density at radius 1 is 1.20 bits per heavy atom. The van der Waals surface area contributed by atoms with Gasteiger partial charge in [-0.2, -0.15) is 18.3 Å². The lowest BCUT2D eigenvalue weighted by atomic mass is 10.4. The second kappa shape index (κ2) is 3.30. The highest BCUT2D eigenvalue weighted by atomic mass is 19.4. The molecule has 2 aromatic rings. The molecular formula is C7H4F3N5. The Balaban J connectivity index is 2.37. The predicted octanol–water partition coefficient (Wildman–Crippen LogP) is 1.28. The monoisotopic (exact) mass is 215 g/mol. The topological polar surface area (TPSA) is 67.3 Å². The van der Waals surface area contributed by atoms with E-state index in [4.69, 9.17) is 0 Å². The van der Waals surface area contributed by atoms with Crippen molar-refractivity contribution in [2.45, 2.75) is 6.18 Å². The summed E-state index contributed by atoms with van der Waals surface area (Å²) in [4.78, 5) is 10.7. The van der Waals surface area contributed by atoms with Crippen LogP contribution in [0.15, 0.2) is 18.6 Å². The van der Waals surface area contributed by atoms with Crippen molar-refractivity contribution in [3.8, 4) is 11.5 Å². The van der Waals surface area contributed by atoms with Gasteiger partial charge < -0.3 is 0 Å². The van der Waals surface area contributed by atoms with E-state index >= 15 is 0 Å². The standard InChI is InChI=1S/C7H4F3N5/c8-7(9,10)6-13-5(14-15-6)4-3-11-1-2-12-4/h1-3H,(H,13,14,15). The van der Waals surface area contributed by atoms with Crippen molar-refractivity contribution < 1.29 is 13.2 Å². The Morgan fingerprint density at radius 2 is 2.00 bits per heavy atom. The van der Waals surface area contributed by atoms with Crippen molar-refractivity contribution in [3.63, 3.8) is 0 Å². The fraction of sp³-hybridized carbons (Fsp3) is 0.143. The molecule has 0 bridgehead atoms. The number of rotatable bonds is 1. The molecule has 0 fully saturated rings. The molecule has 8 heteroatoms. The van der Waals surface area contributed by atoms with E-state index in [0.717, 1.165) is 0 Å². The zero-order valence-corrected chi connectivity index (χ0v) is 7.15. The number of nitrogens with zero attached hydrogens (tertiary/aromatic N) is 4. The molecule has 15 heavy (non-hydrogen) atoms. The zero-order valence-electron chi connectivity index (χ0n) is 7.15. The summed E-state index contributed by atoms with van der Waals surface area (Å²) >= 11 is 0. The average Bonchev–Trinajstić information content (AvgIpc) is 2.67. The Morgan fingerprint density at radius 3 is 2.53 bits per heavy atom. The third-order valence-electron chi connectivity index (χ3n) is 1.55. The van der Waals surface area contributed by atoms with Crippen LogP contribution in [0.1, 0.15) is 5.82 Å². The molecule has 2 rings (SSSR count). The van der Waals surface area contributed by atoms with Crippen LogP contribution in [-0.2, 0) is 6.18 Å². The number of alkyl halides is 3. The van der Waals surface area contributed by atoms with Crippen LogP contribution in [0.5, 0.6) is 0 Å². The molecule has 2 aromatic heterocycles. The van der Waals surface area contributed by atoms with Gasteiger partial charge in [-0.15, -0.1) is 0 Å². The van der Waals surface area contributed by atoms with E-state index in [2.05, 4.69) is 20.1 Å². The molecule has 78 valence electrons. The lowest BCUT2D eigenvalue weighted by Crippen LogP contribution is -2.07. The second-order valence-electron chi connectivity index (χ2n) is 2.60. The van der Waals surface area contributed by atoms with Gasteiger partial charge in [0.25, 0.3) is 0 Å². The number of hydrogen-bond donors (Lipinski definition) is 1. The molecule has 0 aromatic carbocycles. The molecule has 0 saturated carbocycles. The highest BCUT2D eigenvalue weighted by molar-refractivity contribution is 5.45. The second-order valence-corrected chi connectivity index (χ2v) is 2.60. The van der Waals surface area contributed by atoms with Crippen LogP contribution in [0.3, 0.4) is 0 Å². The first kappa shape index (κ1) is 9.56. The molecule has 0 atom stereocenters. The number of aromatic nitrogens is 5. The van der Waals surface area contributed by atoms with Crippen LogP contribution in [-0.4, -0.2) is 25.1 Å². The van der Waals surface area contributed by atoms with E-state index in [1.807, 2.05) is 0 Å². The minimum Gasteiger partial charge on any atom is -0.261 e. The molecule has 0 spiro atoms. The van der Waals surface area contributed by atoms with E-state index in [9.17, 15) is 13.2 Å². The molecule has 0 aliphatic rings. The lowest BCUT2D eigenvalue weighted by Gasteiger charge is -1.98. The van der Waals surface area contributed by atoms with Crippen LogP contribution in [0.4, 0.5) is 13.2 Å². The zero-order chi connectivity index (χ0) is 10.9. The Bertz CT molecular complexity index is 449. The highest BCUT2D eigenvalue weighted by Gasteiger charge is 2.35. The summed E-state index contributed by atoms with van der Waals surface area (Å²) in [5.41, 5.74) is 0.184. The lowest BCUT2D eigenvalue weighted by molar-refractivity contribution is -0.144. The first-order valence-electron chi connectivity index (χ1n) is 3.83. The largest absolute Gasteiger partial charge is 0.451 e. The molecular weight excluding hydrogens is 211 g/mol. The molecule has 0 radical (unpaired) electrons. The summed E-state index contributed by atoms with van der Waals surface area (Å²) in [5.74, 6) is -1.28. The SMILES string of the molecule is FC(F)(F)c1nc(-c2cnccn2)n[nH]1. The van der Waals surface area contributed by atoms with Gasteiger partial charge in [0.05, 0.1) is 6.20 Å². The van der Waals surface area contributed by atoms with Crippen molar-refractivity contribution in [2.24, 2.45) is 0 Å². The van der Waals surface area contributed by atoms with E-state index < -0.39 is 12.0 Å². The highest BCUT2D eigenvalue weighted by Crippen LogP contribution is 2.26. The molecule has 5 nitrogen and oxygen atoms in total. The summed E-state index contributed by atoms with van der Waals surface area (Å²) in [7, 11) is 0. The van der Waals surface area contributed by atoms with Crippen molar-refractivity contribution in [1.29, 1.82) is 0 Å². The van der Waals surface area contributed by atoms with Gasteiger partial charge in [-0.25, -0.2) is 9.97 Å². The Kier molecular flexibility index (Phi) is 2.10. The summed E-state index contributed by atoms with van der Waals surface area (Å²) in [6, 6.07) is 0. The molecule has 0 aliphatic carbocycles. The molecule has 0 aliphatic heterocycles. The van der Waals surface area contributed by atoms with Crippen molar-refractivity contribution in [3.05, 3.63) is 24.4 Å². The van der Waals surface area contributed by atoms with Gasteiger partial charge in [-0.3, -0.25) is 10.1 Å². The summed E-state index contributed by atoms with van der Waals surface area (Å²) < 4.78 is 36.4. The number of hydrogen-bond acceptors (Lipinski definition) is 4. The Labute approximate surface area is 81.4 Å². The van der Waals surface area contributed by atoms with E-state index in [1.54, 1.807) is 5.10 Å². The molecule has 1 N–H and O–H groups in total. The smallest absolute Gasteiger partial charge is 0.261 e. The Hall–Kier alpha value is -1.99. The predicted molar refractivity (Wildman–Crippen MR) is 42.4 cm³/mol. The van der Waals surface area contributed by atoms with E-state index in [0.29, 0.717) is 0 Å². The average molecular weight is 215 g/mol. The van der Waals surface area contributed by atoms with Gasteiger partial charge in [-0.05, 0) is 0 Å². The minimum atomic E-state index is -4.53. The molecule has 0 unspecified atom stereocenters. The van der Waals surface area contributed by atoms with Crippen LogP contribution in [0.25, 0.3) is 11.5 Å². The fourth-order valence-corrected chi connectivity index (χ4v) is 0.918. The maximum Gasteiger partial charge on any atom is 0.451 e. The van der Waals surface area contributed by atoms with Gasteiger partial charge in [0.2, 0.25) is 11.6 Å². The van der Waals surface area contributed by atoms with Gasteiger partial charge in [0.1, 0.15) is 5.69 Å². The molecule has 2 heterocycles. The maximum absolute atomic E-state index is 12.1. The van der Waals surface area contributed by atoms with Crippen LogP contribution < -0.4 is 0 Å². The van der Waals surface area contributed by atoms with Crippen LogP contribution >= 0.6 is 0 Å². The van der Waals surface area contributed by atoms with Gasteiger partial charge in [0, 0.05) is 12.4 Å². The third-order valence-corrected chi connectivity index (χ3v) is 1.55. The van der Waals surface area contributed by atoms with E-state index in [1.165, 1.54) is 18.6 Å². The number of H-pyrrole nitrogens is 1. The summed E-state index contributed by atoms with van der Waals surface area (Å²) in [6.45, 7) is 0. The number of aromatic amines is 1. The van der Waals surface area contributed by atoms with Crippen molar-refractivity contribution >= 4 is 0 Å². The van der Waals surface area contributed by atoms with Crippen molar-refractivity contribution in [1.82, 2.24) is 25.1 Å². The van der Waals surface area contributed by atoms with Gasteiger partial charge in [-0.1, -0.05) is 0 Å². The number of nitrogens with one attached hydrogen (secondary N) is 1. The van der Waals surface area contributed by atoms with Crippen LogP contribution in [0.2, 0.25) is 0 Å². The summed E-state index contributed by atoms with van der Waals surface area (Å²) in [5, 5.41) is 5.18.